The van der Waals surface area contributed by atoms with Crippen LogP contribution in [0.15, 0.2) is 47.2 Å². The van der Waals surface area contributed by atoms with Crippen molar-refractivity contribution in [3.8, 4) is 0 Å². The second kappa shape index (κ2) is 7.83. The van der Waals surface area contributed by atoms with Crippen LogP contribution in [0.1, 0.15) is 26.9 Å². The Bertz CT molecular complexity index is 1010. The minimum Gasteiger partial charge on any atom is -0.324 e. The molecule has 1 aromatic carbocycles. The predicted molar refractivity (Wildman–Crippen MR) is 112 cm³/mol. The van der Waals surface area contributed by atoms with Crippen molar-refractivity contribution in [1.82, 2.24) is 4.90 Å². The van der Waals surface area contributed by atoms with Gasteiger partial charge in [-0.15, -0.1) is 22.7 Å². The number of non-ortho nitro benzene ring substituents is 1. The van der Waals surface area contributed by atoms with Gasteiger partial charge in [-0.3, -0.25) is 19.8 Å². The zero-order valence-electron chi connectivity index (χ0n) is 15.3. The number of amides is 1. The quantitative estimate of drug-likeness (QED) is 0.489. The first-order valence-corrected chi connectivity index (χ1v) is 10.7. The molecule has 0 bridgehead atoms. The average Bonchev–Trinajstić information content (AvgIpc) is 3.34. The molecule has 0 saturated heterocycles. The number of hydrogen-bond acceptors (Lipinski definition) is 6. The summed E-state index contributed by atoms with van der Waals surface area (Å²) in [5, 5.41) is 18.0. The number of rotatable bonds is 5. The third kappa shape index (κ3) is 3.71. The van der Waals surface area contributed by atoms with Crippen LogP contribution in [0.3, 0.4) is 0 Å². The van der Waals surface area contributed by atoms with Gasteiger partial charge in [0.05, 0.1) is 23.2 Å². The van der Waals surface area contributed by atoms with Gasteiger partial charge in [-0.2, -0.15) is 0 Å². The summed E-state index contributed by atoms with van der Waals surface area (Å²) in [7, 11) is 0. The van der Waals surface area contributed by atoms with Gasteiger partial charge in [-0.25, -0.2) is 0 Å². The molecule has 0 aliphatic carbocycles. The maximum atomic E-state index is 12.8. The topological polar surface area (TPSA) is 75.5 Å². The Labute approximate surface area is 170 Å². The molecule has 2 aromatic heterocycles. The number of nitro groups is 1. The van der Waals surface area contributed by atoms with Crippen molar-refractivity contribution in [3.05, 3.63) is 78.2 Å². The Morgan fingerprint density at radius 1 is 1.29 bits per heavy atom. The molecule has 1 aliphatic rings. The van der Waals surface area contributed by atoms with Gasteiger partial charge >= 0.3 is 0 Å². The Morgan fingerprint density at radius 3 is 2.89 bits per heavy atom. The summed E-state index contributed by atoms with van der Waals surface area (Å²) >= 11 is 3.46. The van der Waals surface area contributed by atoms with Crippen LogP contribution >= 0.6 is 22.7 Å². The third-order valence-electron chi connectivity index (χ3n) is 4.93. The summed E-state index contributed by atoms with van der Waals surface area (Å²) in [5.41, 5.74) is 2.53. The van der Waals surface area contributed by atoms with Crippen molar-refractivity contribution in [2.45, 2.75) is 19.4 Å². The van der Waals surface area contributed by atoms with Crippen LogP contribution in [0.25, 0.3) is 0 Å². The molecule has 6 nitrogen and oxygen atoms in total. The lowest BCUT2D eigenvalue weighted by molar-refractivity contribution is -0.384. The first kappa shape index (κ1) is 18.8. The van der Waals surface area contributed by atoms with E-state index in [0.717, 1.165) is 18.5 Å². The van der Waals surface area contributed by atoms with E-state index in [1.54, 1.807) is 28.7 Å². The summed E-state index contributed by atoms with van der Waals surface area (Å²) in [5.74, 6) is -0.163. The molecule has 0 fully saturated rings. The third-order valence-corrected chi connectivity index (χ3v) is 6.85. The summed E-state index contributed by atoms with van der Waals surface area (Å²) in [6, 6.07) is 10.9. The highest BCUT2D eigenvalue weighted by Crippen LogP contribution is 2.39. The Morgan fingerprint density at radius 2 is 2.14 bits per heavy atom. The van der Waals surface area contributed by atoms with E-state index in [0.29, 0.717) is 5.69 Å². The smallest absolute Gasteiger partial charge is 0.271 e. The molecule has 4 rings (SSSR count). The molecule has 0 saturated carbocycles. The van der Waals surface area contributed by atoms with Gasteiger partial charge in [-0.05, 0) is 47.4 Å². The minimum atomic E-state index is -0.454. The van der Waals surface area contributed by atoms with Crippen molar-refractivity contribution in [2.75, 3.05) is 18.4 Å². The van der Waals surface area contributed by atoms with Gasteiger partial charge in [0.1, 0.15) is 0 Å². The fraction of sp³-hybridized carbons (Fsp3) is 0.250. The fourth-order valence-electron chi connectivity index (χ4n) is 3.55. The molecule has 28 heavy (non-hydrogen) atoms. The van der Waals surface area contributed by atoms with Crippen molar-refractivity contribution < 1.29 is 9.72 Å². The summed E-state index contributed by atoms with van der Waals surface area (Å²) < 4.78 is 0. The largest absolute Gasteiger partial charge is 0.324 e. The van der Waals surface area contributed by atoms with Crippen molar-refractivity contribution in [1.29, 1.82) is 0 Å². The summed E-state index contributed by atoms with van der Waals surface area (Å²) in [6.07, 6.45) is 0.929. The number of thiophene rings is 2. The lowest BCUT2D eigenvalue weighted by Gasteiger charge is -2.34. The first-order valence-electron chi connectivity index (χ1n) is 8.91. The van der Waals surface area contributed by atoms with E-state index >= 15 is 0 Å². The Balaban J connectivity index is 1.54. The molecule has 0 radical (unpaired) electrons. The number of benzene rings is 1. The molecular weight excluding hydrogens is 394 g/mol. The normalized spacial score (nSPS) is 16.5. The number of nitrogens with one attached hydrogen (secondary N) is 1. The number of fused-ring (bicyclic) bond motifs is 1. The van der Waals surface area contributed by atoms with Gasteiger partial charge in [0.15, 0.2) is 0 Å². The van der Waals surface area contributed by atoms with E-state index in [4.69, 9.17) is 0 Å². The van der Waals surface area contributed by atoms with E-state index in [2.05, 4.69) is 33.1 Å². The number of hydrogen-bond donors (Lipinski definition) is 1. The first-order chi connectivity index (χ1) is 13.5. The summed E-state index contributed by atoms with van der Waals surface area (Å²) in [4.78, 5) is 28.1. The standard InChI is InChI=1S/C20H19N3O3S2/c1-13-4-5-14(23(25)26)11-16(13)21-19(24)12-22-8-6-17-15(7-10-28-17)20(22)18-3-2-9-27-18/h2-5,7,9-11,20H,6,8,12H2,1H3,(H,21,24)/t20-/m0/s1. The van der Waals surface area contributed by atoms with E-state index in [1.165, 1.54) is 27.5 Å². The van der Waals surface area contributed by atoms with Crippen LogP contribution in [0, 0.1) is 17.0 Å². The van der Waals surface area contributed by atoms with Gasteiger partial charge < -0.3 is 5.32 Å². The second-order valence-corrected chi connectivity index (χ2v) is 8.72. The van der Waals surface area contributed by atoms with Crippen molar-refractivity contribution >= 4 is 40.0 Å². The number of carbonyl (C=O) groups excluding carboxylic acids is 1. The number of nitro benzene ring substituents is 1. The maximum absolute atomic E-state index is 12.8. The van der Waals surface area contributed by atoms with Crippen LogP contribution in [-0.2, 0) is 11.2 Å². The second-order valence-electron chi connectivity index (χ2n) is 6.74. The molecule has 1 N–H and O–H groups in total. The SMILES string of the molecule is Cc1ccc([N+](=O)[O-])cc1NC(=O)CN1CCc2sccc2[C@H]1c1cccs1. The van der Waals surface area contributed by atoms with E-state index < -0.39 is 4.92 Å². The minimum absolute atomic E-state index is 0.0294. The highest BCUT2D eigenvalue weighted by molar-refractivity contribution is 7.10. The zero-order chi connectivity index (χ0) is 19.7. The van der Waals surface area contributed by atoms with Gasteiger partial charge in [0.25, 0.3) is 5.69 Å². The highest BCUT2D eigenvalue weighted by atomic mass is 32.1. The van der Waals surface area contributed by atoms with Crippen LogP contribution < -0.4 is 5.32 Å². The summed E-state index contributed by atoms with van der Waals surface area (Å²) in [6.45, 7) is 2.86. The van der Waals surface area contributed by atoms with E-state index in [-0.39, 0.29) is 24.2 Å². The number of nitrogens with zero attached hydrogens (tertiary/aromatic N) is 2. The highest BCUT2D eigenvalue weighted by Gasteiger charge is 2.31. The monoisotopic (exact) mass is 413 g/mol. The Kier molecular flexibility index (Phi) is 5.25. The number of carbonyl (C=O) groups is 1. The molecular formula is C20H19N3O3S2. The van der Waals surface area contributed by atoms with Crippen LogP contribution in [-0.4, -0.2) is 28.8 Å². The van der Waals surface area contributed by atoms with Gasteiger partial charge in [0.2, 0.25) is 5.91 Å². The molecule has 3 aromatic rings. The van der Waals surface area contributed by atoms with Crippen LogP contribution in [0.2, 0.25) is 0 Å². The lowest BCUT2D eigenvalue weighted by Crippen LogP contribution is -2.40. The Hall–Kier alpha value is -2.55. The molecule has 1 amide bonds. The molecule has 8 heteroatoms. The fourth-order valence-corrected chi connectivity index (χ4v) is 5.33. The zero-order valence-corrected chi connectivity index (χ0v) is 16.9. The molecule has 0 unspecified atom stereocenters. The van der Waals surface area contributed by atoms with Crippen LogP contribution in [0.5, 0.6) is 0 Å². The molecule has 1 aliphatic heterocycles. The van der Waals surface area contributed by atoms with E-state index in [1.807, 2.05) is 13.0 Å². The molecule has 1 atom stereocenters. The van der Waals surface area contributed by atoms with Crippen molar-refractivity contribution in [3.63, 3.8) is 0 Å². The molecule has 0 spiro atoms. The van der Waals surface area contributed by atoms with E-state index in [9.17, 15) is 14.9 Å². The number of anilines is 1. The van der Waals surface area contributed by atoms with Gasteiger partial charge in [-0.1, -0.05) is 12.1 Å². The number of aryl methyl sites for hydroxylation is 1. The molecule has 144 valence electrons. The average molecular weight is 414 g/mol. The van der Waals surface area contributed by atoms with Crippen LogP contribution in [0.4, 0.5) is 11.4 Å². The maximum Gasteiger partial charge on any atom is 0.271 e. The predicted octanol–water partition coefficient (Wildman–Crippen LogP) is 4.61. The van der Waals surface area contributed by atoms with Crippen molar-refractivity contribution in [2.24, 2.45) is 0 Å². The van der Waals surface area contributed by atoms with Gasteiger partial charge in [0, 0.05) is 28.4 Å². The molecule has 3 heterocycles. The lowest BCUT2D eigenvalue weighted by atomic mass is 9.98.